The monoisotopic (exact) mass is 323 g/mol. The number of hydrogen-bond acceptors (Lipinski definition) is 6. The molecule has 4 amide bonds. The van der Waals surface area contributed by atoms with Gasteiger partial charge in [-0.2, -0.15) is 0 Å². The van der Waals surface area contributed by atoms with Crippen molar-refractivity contribution < 1.29 is 14.4 Å². The summed E-state index contributed by atoms with van der Waals surface area (Å²) < 4.78 is 0. The molecule has 0 saturated carbocycles. The zero-order valence-electron chi connectivity index (χ0n) is 13.5. The third-order valence-corrected chi connectivity index (χ3v) is 4.30. The number of carbonyl (C=O) groups excluding carboxylic acids is 3. The van der Waals surface area contributed by atoms with E-state index in [0.717, 1.165) is 42.2 Å². The highest BCUT2D eigenvalue weighted by molar-refractivity contribution is 6.29. The van der Waals surface area contributed by atoms with Gasteiger partial charge in [-0.15, -0.1) is 0 Å². The van der Waals surface area contributed by atoms with Crippen LogP contribution in [0.3, 0.4) is 0 Å². The Morgan fingerprint density at radius 3 is 2.30 bits per heavy atom. The van der Waals surface area contributed by atoms with E-state index in [1.165, 1.54) is 0 Å². The number of nitrogens with zero attached hydrogens (tertiary/aromatic N) is 2. The molecule has 128 valence electrons. The summed E-state index contributed by atoms with van der Waals surface area (Å²) in [6.45, 7) is 4.25. The highest BCUT2D eigenvalue weighted by atomic mass is 16.2. The largest absolute Gasteiger partial charge is 0.385 e. The highest BCUT2D eigenvalue weighted by Gasteiger charge is 2.43. The van der Waals surface area contributed by atoms with Crippen molar-refractivity contribution >= 4 is 17.8 Å². The van der Waals surface area contributed by atoms with Crippen LogP contribution in [0.1, 0.15) is 32.6 Å². The summed E-state index contributed by atoms with van der Waals surface area (Å²) in [5.74, 6) is -1.46. The maximum absolute atomic E-state index is 12.6. The van der Waals surface area contributed by atoms with E-state index in [1.54, 1.807) is 0 Å². The predicted octanol–water partition coefficient (Wildman–Crippen LogP) is -0.294. The number of imide groups is 2. The first-order chi connectivity index (χ1) is 11.0. The number of carbonyl (C=O) groups is 3. The van der Waals surface area contributed by atoms with Crippen molar-refractivity contribution in [1.82, 2.24) is 15.1 Å². The lowest BCUT2D eigenvalue weighted by Gasteiger charge is -2.36. The van der Waals surface area contributed by atoms with Gasteiger partial charge < -0.3 is 16.8 Å². The molecule has 2 fully saturated rings. The van der Waals surface area contributed by atoms with Crippen LogP contribution in [0.5, 0.6) is 0 Å². The first kappa shape index (κ1) is 17.3. The lowest BCUT2D eigenvalue weighted by atomic mass is 9.96. The molecule has 0 unspecified atom stereocenters. The molecule has 0 atom stereocenters. The number of urea groups is 1. The fourth-order valence-corrected chi connectivity index (χ4v) is 2.92. The summed E-state index contributed by atoms with van der Waals surface area (Å²) in [5, 5.41) is 3.24. The number of nitrogens with two attached hydrogens (primary N) is 2. The third kappa shape index (κ3) is 3.64. The summed E-state index contributed by atoms with van der Waals surface area (Å²) in [7, 11) is 0. The lowest BCUT2D eigenvalue weighted by molar-refractivity contribution is -0.136. The molecule has 23 heavy (non-hydrogen) atoms. The van der Waals surface area contributed by atoms with Crippen LogP contribution in [0.15, 0.2) is 11.4 Å². The standard InChI is InChI=1S/C15H25N5O3/c1-2-3-8-19-13(21)11(12(16)17)14(22)20(15(19)23)9-10-4-6-18-7-5-10/h10,18H,2-9,16-17H2,1H3. The first-order valence-corrected chi connectivity index (χ1v) is 8.11. The van der Waals surface area contributed by atoms with E-state index in [2.05, 4.69) is 5.32 Å². The van der Waals surface area contributed by atoms with Gasteiger partial charge in [0, 0.05) is 13.1 Å². The van der Waals surface area contributed by atoms with E-state index in [0.29, 0.717) is 13.0 Å². The molecular formula is C15H25N5O3. The highest BCUT2D eigenvalue weighted by Crippen LogP contribution is 2.22. The Kier molecular flexibility index (Phi) is 5.59. The van der Waals surface area contributed by atoms with Crippen molar-refractivity contribution in [2.45, 2.75) is 32.6 Å². The third-order valence-electron chi connectivity index (χ3n) is 4.30. The molecule has 0 aromatic heterocycles. The van der Waals surface area contributed by atoms with Gasteiger partial charge in [-0.1, -0.05) is 13.3 Å². The summed E-state index contributed by atoms with van der Waals surface area (Å²) in [4.78, 5) is 39.7. The number of barbiturate groups is 1. The Labute approximate surface area is 135 Å². The van der Waals surface area contributed by atoms with Gasteiger partial charge in [0.2, 0.25) is 0 Å². The second-order valence-electron chi connectivity index (χ2n) is 6.03. The minimum absolute atomic E-state index is 0.227. The molecule has 2 saturated heterocycles. The maximum atomic E-state index is 12.6. The van der Waals surface area contributed by atoms with Crippen molar-refractivity contribution in [3.63, 3.8) is 0 Å². The van der Waals surface area contributed by atoms with Crippen molar-refractivity contribution in [3.8, 4) is 0 Å². The fraction of sp³-hybridized carbons (Fsp3) is 0.667. The van der Waals surface area contributed by atoms with Gasteiger partial charge in [0.15, 0.2) is 0 Å². The van der Waals surface area contributed by atoms with Crippen LogP contribution in [0.4, 0.5) is 4.79 Å². The normalized spacial score (nSPS) is 20.4. The molecule has 2 aliphatic heterocycles. The number of nitrogens with one attached hydrogen (secondary N) is 1. The van der Waals surface area contributed by atoms with Gasteiger partial charge in [0.1, 0.15) is 11.4 Å². The van der Waals surface area contributed by atoms with Gasteiger partial charge in [0.25, 0.3) is 11.8 Å². The van der Waals surface area contributed by atoms with Crippen LogP contribution < -0.4 is 16.8 Å². The number of piperidine rings is 1. The zero-order chi connectivity index (χ0) is 17.0. The van der Waals surface area contributed by atoms with Crippen molar-refractivity contribution in [2.75, 3.05) is 26.2 Å². The topological polar surface area (TPSA) is 122 Å². The summed E-state index contributed by atoms with van der Waals surface area (Å²) >= 11 is 0. The minimum atomic E-state index is -0.685. The molecule has 8 heteroatoms. The second kappa shape index (κ2) is 7.45. The quantitative estimate of drug-likeness (QED) is 0.472. The van der Waals surface area contributed by atoms with Gasteiger partial charge in [-0.3, -0.25) is 19.4 Å². The van der Waals surface area contributed by atoms with Gasteiger partial charge in [-0.05, 0) is 38.3 Å². The molecule has 8 nitrogen and oxygen atoms in total. The van der Waals surface area contributed by atoms with E-state index < -0.39 is 17.8 Å². The van der Waals surface area contributed by atoms with E-state index in [9.17, 15) is 14.4 Å². The Morgan fingerprint density at radius 1 is 1.13 bits per heavy atom. The minimum Gasteiger partial charge on any atom is -0.385 e. The van der Waals surface area contributed by atoms with E-state index >= 15 is 0 Å². The van der Waals surface area contributed by atoms with Crippen LogP contribution >= 0.6 is 0 Å². The zero-order valence-corrected chi connectivity index (χ0v) is 13.5. The molecule has 2 aliphatic rings. The molecule has 2 rings (SSSR count). The van der Waals surface area contributed by atoms with E-state index in [1.807, 2.05) is 6.92 Å². The first-order valence-electron chi connectivity index (χ1n) is 8.11. The van der Waals surface area contributed by atoms with E-state index in [-0.39, 0.29) is 23.9 Å². The van der Waals surface area contributed by atoms with Crippen LogP contribution in [0.2, 0.25) is 0 Å². The summed E-state index contributed by atoms with van der Waals surface area (Å²) in [5.41, 5.74) is 10.8. The number of hydrogen-bond donors (Lipinski definition) is 3. The molecule has 0 aliphatic carbocycles. The Hall–Kier alpha value is -2.09. The molecule has 5 N–H and O–H groups in total. The van der Waals surface area contributed by atoms with Crippen LogP contribution in [-0.4, -0.2) is 53.8 Å². The molecule has 2 heterocycles. The van der Waals surface area contributed by atoms with Crippen LogP contribution in [-0.2, 0) is 9.59 Å². The Morgan fingerprint density at radius 2 is 1.74 bits per heavy atom. The van der Waals surface area contributed by atoms with Gasteiger partial charge in [-0.25, -0.2) is 4.79 Å². The number of unbranched alkanes of at least 4 members (excludes halogenated alkanes) is 1. The van der Waals surface area contributed by atoms with Crippen LogP contribution in [0, 0.1) is 5.92 Å². The Balaban J connectivity index is 2.24. The predicted molar refractivity (Wildman–Crippen MR) is 84.7 cm³/mol. The molecule has 0 radical (unpaired) electrons. The SMILES string of the molecule is CCCCN1C(=O)C(=C(N)N)C(=O)N(CC2CCNCC2)C1=O. The summed E-state index contributed by atoms with van der Waals surface area (Å²) in [6.07, 6.45) is 3.27. The second-order valence-corrected chi connectivity index (χ2v) is 6.03. The average molecular weight is 323 g/mol. The van der Waals surface area contributed by atoms with Crippen molar-refractivity contribution in [1.29, 1.82) is 0 Å². The van der Waals surface area contributed by atoms with Gasteiger partial charge in [0.05, 0.1) is 0 Å². The van der Waals surface area contributed by atoms with Crippen molar-refractivity contribution in [2.24, 2.45) is 17.4 Å². The lowest BCUT2D eigenvalue weighted by Crippen LogP contribution is -2.58. The number of amides is 4. The molecule has 0 aromatic carbocycles. The molecule has 0 aromatic rings. The smallest absolute Gasteiger partial charge is 0.333 e. The fourth-order valence-electron chi connectivity index (χ4n) is 2.92. The van der Waals surface area contributed by atoms with E-state index in [4.69, 9.17) is 11.5 Å². The number of rotatable bonds is 5. The Bertz CT molecular complexity index is 521. The molecule has 0 bridgehead atoms. The molecular weight excluding hydrogens is 298 g/mol. The molecule has 0 spiro atoms. The van der Waals surface area contributed by atoms with Crippen molar-refractivity contribution in [3.05, 3.63) is 11.4 Å². The summed E-state index contributed by atoms with van der Waals surface area (Å²) in [6, 6.07) is -0.558. The average Bonchev–Trinajstić information content (AvgIpc) is 2.52. The van der Waals surface area contributed by atoms with Gasteiger partial charge >= 0.3 is 6.03 Å². The van der Waals surface area contributed by atoms with Crippen LogP contribution in [0.25, 0.3) is 0 Å². The maximum Gasteiger partial charge on any atom is 0.333 e.